The maximum Gasteiger partial charge on any atom is 0.326 e. The maximum absolute atomic E-state index is 12.0. The van der Waals surface area contributed by atoms with Gasteiger partial charge in [0.05, 0.1) is 11.9 Å². The van der Waals surface area contributed by atoms with Gasteiger partial charge in [0, 0.05) is 11.6 Å². The van der Waals surface area contributed by atoms with Crippen LogP contribution >= 0.6 is 0 Å². The van der Waals surface area contributed by atoms with E-state index in [1.807, 2.05) is 37.3 Å². The first-order valence-electron chi connectivity index (χ1n) is 7.46. The molecule has 0 aliphatic heterocycles. The highest BCUT2D eigenvalue weighted by Gasteiger charge is 2.19. The Kier molecular flexibility index (Phi) is 5.47. The van der Waals surface area contributed by atoms with E-state index in [9.17, 15) is 9.59 Å². The molecule has 0 fully saturated rings. The van der Waals surface area contributed by atoms with Crippen molar-refractivity contribution in [2.75, 3.05) is 0 Å². The van der Waals surface area contributed by atoms with E-state index in [2.05, 4.69) is 10.3 Å². The third kappa shape index (κ3) is 4.28. The first-order valence-corrected chi connectivity index (χ1v) is 7.46. The molecule has 5 nitrogen and oxygen atoms in total. The predicted molar refractivity (Wildman–Crippen MR) is 84.5 cm³/mol. The zero-order valence-electron chi connectivity index (χ0n) is 12.6. The summed E-state index contributed by atoms with van der Waals surface area (Å²) >= 11 is 0. The van der Waals surface area contributed by atoms with Crippen LogP contribution in [0.25, 0.3) is 10.9 Å². The van der Waals surface area contributed by atoms with Crippen LogP contribution in [-0.4, -0.2) is 28.0 Å². The molecule has 1 amide bonds. The molecule has 0 unspecified atom stereocenters. The second kappa shape index (κ2) is 7.54. The number of aliphatic carboxylic acids is 1. The molecule has 0 aliphatic rings. The average Bonchev–Trinajstić information content (AvgIpc) is 2.51. The van der Waals surface area contributed by atoms with E-state index in [1.54, 1.807) is 6.20 Å². The number of carboxylic acids is 1. The maximum atomic E-state index is 12.0. The second-order valence-electron chi connectivity index (χ2n) is 5.31. The van der Waals surface area contributed by atoms with Crippen molar-refractivity contribution < 1.29 is 14.7 Å². The summed E-state index contributed by atoms with van der Waals surface area (Å²) < 4.78 is 0. The average molecular weight is 300 g/mol. The minimum absolute atomic E-state index is 0.133. The van der Waals surface area contributed by atoms with Gasteiger partial charge in [-0.05, 0) is 24.1 Å². The Bertz CT molecular complexity index is 670. The van der Waals surface area contributed by atoms with Crippen LogP contribution < -0.4 is 5.32 Å². The van der Waals surface area contributed by atoms with Crippen LogP contribution in [0.4, 0.5) is 0 Å². The number of aromatic nitrogens is 1. The van der Waals surface area contributed by atoms with Crippen LogP contribution in [-0.2, 0) is 16.0 Å². The Balaban J connectivity index is 2.01. The van der Waals surface area contributed by atoms with E-state index in [0.717, 1.165) is 29.3 Å². The highest BCUT2D eigenvalue weighted by Crippen LogP contribution is 2.13. The van der Waals surface area contributed by atoms with Gasteiger partial charge in [0.1, 0.15) is 6.04 Å². The molecule has 0 radical (unpaired) electrons. The third-order valence-corrected chi connectivity index (χ3v) is 3.49. The lowest BCUT2D eigenvalue weighted by Gasteiger charge is -2.14. The SMILES string of the molecule is CCCC[C@H](NC(=O)Cc1cnc2ccccc2c1)C(=O)O. The Morgan fingerprint density at radius 1 is 1.32 bits per heavy atom. The summed E-state index contributed by atoms with van der Waals surface area (Å²) in [5.41, 5.74) is 1.65. The predicted octanol–water partition coefficient (Wildman–Crippen LogP) is 2.54. The van der Waals surface area contributed by atoms with E-state index in [-0.39, 0.29) is 12.3 Å². The first-order chi connectivity index (χ1) is 10.6. The highest BCUT2D eigenvalue weighted by molar-refractivity contribution is 5.86. The number of hydrogen-bond donors (Lipinski definition) is 2. The highest BCUT2D eigenvalue weighted by atomic mass is 16.4. The number of amides is 1. The molecule has 0 saturated carbocycles. The quantitative estimate of drug-likeness (QED) is 0.823. The molecule has 116 valence electrons. The number of carboxylic acid groups (broad SMARTS) is 1. The molecule has 0 bridgehead atoms. The molecular weight excluding hydrogens is 280 g/mol. The van der Waals surface area contributed by atoms with E-state index < -0.39 is 12.0 Å². The zero-order valence-corrected chi connectivity index (χ0v) is 12.6. The summed E-state index contributed by atoms with van der Waals surface area (Å²) in [6.45, 7) is 1.99. The zero-order chi connectivity index (χ0) is 15.9. The van der Waals surface area contributed by atoms with Gasteiger partial charge in [-0.3, -0.25) is 9.78 Å². The number of rotatable bonds is 7. The van der Waals surface area contributed by atoms with Crippen molar-refractivity contribution in [3.63, 3.8) is 0 Å². The van der Waals surface area contributed by atoms with Crippen molar-refractivity contribution in [2.24, 2.45) is 0 Å². The standard InChI is InChI=1S/C17H20N2O3/c1-2-3-7-15(17(21)22)19-16(20)10-12-9-13-6-4-5-8-14(13)18-11-12/h4-6,8-9,11,15H,2-3,7,10H2,1H3,(H,19,20)(H,21,22)/t15-/m0/s1. The molecule has 1 atom stereocenters. The van der Waals surface area contributed by atoms with Gasteiger partial charge in [-0.25, -0.2) is 4.79 Å². The fourth-order valence-corrected chi connectivity index (χ4v) is 2.31. The minimum Gasteiger partial charge on any atom is -0.480 e. The third-order valence-electron chi connectivity index (χ3n) is 3.49. The number of benzene rings is 1. The molecule has 1 aromatic carbocycles. The lowest BCUT2D eigenvalue weighted by atomic mass is 10.1. The van der Waals surface area contributed by atoms with Gasteiger partial charge in [0.2, 0.25) is 5.91 Å². The van der Waals surface area contributed by atoms with Gasteiger partial charge in [-0.2, -0.15) is 0 Å². The minimum atomic E-state index is -0.988. The van der Waals surface area contributed by atoms with Crippen LogP contribution in [0.5, 0.6) is 0 Å². The lowest BCUT2D eigenvalue weighted by Crippen LogP contribution is -2.41. The van der Waals surface area contributed by atoms with Crippen molar-refractivity contribution in [1.82, 2.24) is 10.3 Å². The van der Waals surface area contributed by atoms with Crippen molar-refractivity contribution in [3.05, 3.63) is 42.1 Å². The van der Waals surface area contributed by atoms with Gasteiger partial charge < -0.3 is 10.4 Å². The van der Waals surface area contributed by atoms with Crippen LogP contribution in [0.1, 0.15) is 31.7 Å². The smallest absolute Gasteiger partial charge is 0.326 e. The Morgan fingerprint density at radius 3 is 2.82 bits per heavy atom. The first kappa shape index (κ1) is 15.9. The normalized spacial score (nSPS) is 12.0. The van der Waals surface area contributed by atoms with Crippen molar-refractivity contribution >= 4 is 22.8 Å². The van der Waals surface area contributed by atoms with E-state index >= 15 is 0 Å². The number of unbranched alkanes of at least 4 members (excludes halogenated alkanes) is 1. The molecule has 0 aliphatic carbocycles. The molecule has 22 heavy (non-hydrogen) atoms. The van der Waals surface area contributed by atoms with Crippen LogP contribution in [0.2, 0.25) is 0 Å². The van der Waals surface area contributed by atoms with Gasteiger partial charge in [-0.1, -0.05) is 38.0 Å². The number of carbonyl (C=O) groups excluding carboxylic acids is 1. The lowest BCUT2D eigenvalue weighted by molar-refractivity contribution is -0.142. The number of hydrogen-bond acceptors (Lipinski definition) is 3. The number of nitrogens with zero attached hydrogens (tertiary/aromatic N) is 1. The van der Waals surface area contributed by atoms with Crippen LogP contribution in [0.3, 0.4) is 0 Å². The summed E-state index contributed by atoms with van der Waals surface area (Å²) in [6, 6.07) is 8.76. The number of para-hydroxylation sites is 1. The van der Waals surface area contributed by atoms with Gasteiger partial charge in [0.15, 0.2) is 0 Å². The van der Waals surface area contributed by atoms with Crippen LogP contribution in [0, 0.1) is 0 Å². The number of pyridine rings is 1. The Morgan fingerprint density at radius 2 is 2.09 bits per heavy atom. The molecule has 1 heterocycles. The van der Waals surface area contributed by atoms with Gasteiger partial charge >= 0.3 is 5.97 Å². The summed E-state index contributed by atoms with van der Waals surface area (Å²) in [4.78, 5) is 27.5. The fraction of sp³-hybridized carbons (Fsp3) is 0.353. The molecule has 1 aromatic heterocycles. The van der Waals surface area contributed by atoms with E-state index in [0.29, 0.717) is 6.42 Å². The molecule has 0 saturated heterocycles. The number of fused-ring (bicyclic) bond motifs is 1. The molecule has 2 N–H and O–H groups in total. The van der Waals surface area contributed by atoms with E-state index in [4.69, 9.17) is 5.11 Å². The number of carbonyl (C=O) groups is 2. The summed E-state index contributed by atoms with van der Waals surface area (Å²) in [5, 5.41) is 12.7. The summed E-state index contributed by atoms with van der Waals surface area (Å²) in [7, 11) is 0. The largest absolute Gasteiger partial charge is 0.480 e. The van der Waals surface area contributed by atoms with Crippen molar-refractivity contribution in [3.8, 4) is 0 Å². The second-order valence-corrected chi connectivity index (χ2v) is 5.31. The summed E-state index contributed by atoms with van der Waals surface area (Å²) in [6.07, 6.45) is 3.91. The van der Waals surface area contributed by atoms with Gasteiger partial charge in [-0.15, -0.1) is 0 Å². The molecule has 2 rings (SSSR count). The van der Waals surface area contributed by atoms with Crippen molar-refractivity contribution in [1.29, 1.82) is 0 Å². The molecule has 0 spiro atoms. The number of nitrogens with one attached hydrogen (secondary N) is 1. The van der Waals surface area contributed by atoms with Crippen molar-refractivity contribution in [2.45, 2.75) is 38.6 Å². The van der Waals surface area contributed by atoms with Crippen LogP contribution in [0.15, 0.2) is 36.5 Å². The van der Waals surface area contributed by atoms with E-state index in [1.165, 1.54) is 0 Å². The monoisotopic (exact) mass is 300 g/mol. The Hall–Kier alpha value is -2.43. The topological polar surface area (TPSA) is 79.3 Å². The molecule has 2 aromatic rings. The Labute approximate surface area is 129 Å². The van der Waals surface area contributed by atoms with Gasteiger partial charge in [0.25, 0.3) is 0 Å². The fourth-order valence-electron chi connectivity index (χ4n) is 2.31. The molecular formula is C17H20N2O3. The molecule has 5 heteroatoms. The summed E-state index contributed by atoms with van der Waals surface area (Å²) in [5.74, 6) is -1.28.